The molecule has 1 N–H and O–H groups in total. The SMILES string of the molecule is C[C@H](Oc1ccccc1F)C(=O)Nc1nc2c(s1)CCCC2. The number of amides is 1. The molecule has 1 aliphatic rings. The van der Waals surface area contributed by atoms with Gasteiger partial charge in [0, 0.05) is 4.88 Å². The minimum Gasteiger partial charge on any atom is -0.478 e. The van der Waals surface area contributed by atoms with E-state index in [9.17, 15) is 9.18 Å². The molecule has 0 unspecified atom stereocenters. The molecule has 0 fully saturated rings. The number of ether oxygens (including phenoxy) is 1. The van der Waals surface area contributed by atoms with Gasteiger partial charge in [0.1, 0.15) is 0 Å². The van der Waals surface area contributed by atoms with Crippen molar-refractivity contribution in [1.29, 1.82) is 0 Å². The van der Waals surface area contributed by atoms with Crippen LogP contribution in [0.5, 0.6) is 5.75 Å². The number of para-hydroxylation sites is 1. The summed E-state index contributed by atoms with van der Waals surface area (Å²) in [4.78, 5) is 17.9. The van der Waals surface area contributed by atoms with Crippen LogP contribution in [-0.4, -0.2) is 17.0 Å². The number of aromatic nitrogens is 1. The van der Waals surface area contributed by atoms with Gasteiger partial charge >= 0.3 is 0 Å². The van der Waals surface area contributed by atoms with Crippen LogP contribution < -0.4 is 10.1 Å². The Kier molecular flexibility index (Phi) is 4.38. The van der Waals surface area contributed by atoms with Gasteiger partial charge in [-0.05, 0) is 44.7 Å². The molecule has 1 amide bonds. The van der Waals surface area contributed by atoms with Crippen molar-refractivity contribution >= 4 is 22.4 Å². The summed E-state index contributed by atoms with van der Waals surface area (Å²) >= 11 is 1.52. The zero-order valence-electron chi connectivity index (χ0n) is 12.3. The van der Waals surface area contributed by atoms with Crippen molar-refractivity contribution in [3.8, 4) is 5.75 Å². The number of rotatable bonds is 4. The predicted octanol–water partition coefficient (Wildman–Crippen LogP) is 3.57. The lowest BCUT2D eigenvalue weighted by Gasteiger charge is -2.14. The first-order chi connectivity index (χ1) is 10.6. The van der Waals surface area contributed by atoms with Crippen molar-refractivity contribution in [2.75, 3.05) is 5.32 Å². The number of hydrogen-bond acceptors (Lipinski definition) is 4. The van der Waals surface area contributed by atoms with Gasteiger partial charge in [-0.15, -0.1) is 11.3 Å². The molecule has 0 aliphatic heterocycles. The molecule has 1 atom stereocenters. The third-order valence-electron chi connectivity index (χ3n) is 3.59. The fourth-order valence-corrected chi connectivity index (χ4v) is 3.45. The Morgan fingerprint density at radius 3 is 2.91 bits per heavy atom. The average Bonchev–Trinajstić information content (AvgIpc) is 2.91. The highest BCUT2D eigenvalue weighted by atomic mass is 32.1. The molecule has 0 radical (unpaired) electrons. The Labute approximate surface area is 132 Å². The number of benzene rings is 1. The Morgan fingerprint density at radius 1 is 1.36 bits per heavy atom. The van der Waals surface area contributed by atoms with Crippen LogP contribution in [0.1, 0.15) is 30.3 Å². The highest BCUT2D eigenvalue weighted by Gasteiger charge is 2.20. The van der Waals surface area contributed by atoms with E-state index in [-0.39, 0.29) is 11.7 Å². The van der Waals surface area contributed by atoms with E-state index >= 15 is 0 Å². The first-order valence-electron chi connectivity index (χ1n) is 7.34. The molecule has 0 spiro atoms. The second kappa shape index (κ2) is 6.44. The van der Waals surface area contributed by atoms with E-state index in [2.05, 4.69) is 10.3 Å². The minimum absolute atomic E-state index is 0.0728. The van der Waals surface area contributed by atoms with Crippen LogP contribution in [-0.2, 0) is 17.6 Å². The first kappa shape index (κ1) is 15.0. The highest BCUT2D eigenvalue weighted by Crippen LogP contribution is 2.29. The van der Waals surface area contributed by atoms with Crippen molar-refractivity contribution in [3.63, 3.8) is 0 Å². The van der Waals surface area contributed by atoms with Crippen LogP contribution in [0.15, 0.2) is 24.3 Å². The number of fused-ring (bicyclic) bond motifs is 1. The smallest absolute Gasteiger partial charge is 0.266 e. The van der Waals surface area contributed by atoms with E-state index in [0.29, 0.717) is 5.13 Å². The molecule has 2 aromatic rings. The standard InChI is InChI=1S/C16H17FN2O2S/c1-10(21-13-8-4-2-6-11(13)17)15(20)19-16-18-12-7-3-5-9-14(12)22-16/h2,4,6,8,10H,3,5,7,9H2,1H3,(H,18,19,20)/t10-/m0/s1. The van der Waals surface area contributed by atoms with Gasteiger partial charge in [-0.3, -0.25) is 10.1 Å². The Hall–Kier alpha value is -1.95. The summed E-state index contributed by atoms with van der Waals surface area (Å²) < 4.78 is 18.9. The third-order valence-corrected chi connectivity index (χ3v) is 4.66. The van der Waals surface area contributed by atoms with Gasteiger partial charge in [0.25, 0.3) is 5.91 Å². The number of thiazole rings is 1. The Balaban J connectivity index is 1.64. The number of hydrogen-bond donors (Lipinski definition) is 1. The molecule has 0 saturated heterocycles. The number of aryl methyl sites for hydroxylation is 2. The van der Waals surface area contributed by atoms with Crippen molar-refractivity contribution < 1.29 is 13.9 Å². The van der Waals surface area contributed by atoms with Crippen LogP contribution in [0.3, 0.4) is 0 Å². The predicted molar refractivity (Wildman–Crippen MR) is 83.9 cm³/mol. The average molecular weight is 320 g/mol. The lowest BCUT2D eigenvalue weighted by Crippen LogP contribution is -2.30. The summed E-state index contributed by atoms with van der Waals surface area (Å²) in [7, 11) is 0. The first-order valence-corrected chi connectivity index (χ1v) is 8.16. The van der Waals surface area contributed by atoms with Crippen LogP contribution in [0, 0.1) is 5.82 Å². The Bertz CT molecular complexity index is 663. The zero-order valence-corrected chi connectivity index (χ0v) is 13.1. The molecule has 22 heavy (non-hydrogen) atoms. The molecule has 6 heteroatoms. The molecule has 4 nitrogen and oxygen atoms in total. The van der Waals surface area contributed by atoms with E-state index in [0.717, 1.165) is 25.0 Å². The summed E-state index contributed by atoms with van der Waals surface area (Å²) in [5, 5.41) is 3.36. The second-order valence-corrected chi connectivity index (χ2v) is 6.36. The molecular weight excluding hydrogens is 303 g/mol. The van der Waals surface area contributed by atoms with Crippen LogP contribution >= 0.6 is 11.3 Å². The van der Waals surface area contributed by atoms with Crippen LogP contribution in [0.2, 0.25) is 0 Å². The van der Waals surface area contributed by atoms with E-state index in [4.69, 9.17) is 4.74 Å². The van der Waals surface area contributed by atoms with Gasteiger partial charge in [0.05, 0.1) is 5.69 Å². The summed E-state index contributed by atoms with van der Waals surface area (Å²) in [5.41, 5.74) is 1.09. The number of carbonyl (C=O) groups is 1. The van der Waals surface area contributed by atoms with Crippen molar-refractivity contribution in [2.45, 2.75) is 38.7 Å². The molecular formula is C16H17FN2O2S. The Morgan fingerprint density at radius 2 is 2.14 bits per heavy atom. The minimum atomic E-state index is -0.794. The van der Waals surface area contributed by atoms with Gasteiger partial charge in [-0.25, -0.2) is 9.37 Å². The number of nitrogens with one attached hydrogen (secondary N) is 1. The summed E-state index contributed by atoms with van der Waals surface area (Å²) in [6.45, 7) is 1.59. The second-order valence-electron chi connectivity index (χ2n) is 5.28. The topological polar surface area (TPSA) is 51.2 Å². The van der Waals surface area contributed by atoms with Crippen LogP contribution in [0.25, 0.3) is 0 Å². The van der Waals surface area contributed by atoms with E-state index in [1.54, 1.807) is 19.1 Å². The number of nitrogens with zero attached hydrogens (tertiary/aromatic N) is 1. The monoisotopic (exact) mass is 320 g/mol. The fraction of sp³-hybridized carbons (Fsp3) is 0.375. The molecule has 0 bridgehead atoms. The van der Waals surface area contributed by atoms with E-state index in [1.807, 2.05) is 0 Å². The lowest BCUT2D eigenvalue weighted by atomic mass is 10.0. The van der Waals surface area contributed by atoms with Crippen molar-refractivity contribution in [3.05, 3.63) is 40.7 Å². The number of halogens is 1. The van der Waals surface area contributed by atoms with Gasteiger partial charge < -0.3 is 4.74 Å². The van der Waals surface area contributed by atoms with Crippen LogP contribution in [0.4, 0.5) is 9.52 Å². The summed E-state index contributed by atoms with van der Waals surface area (Å²) in [5.74, 6) is -0.732. The summed E-state index contributed by atoms with van der Waals surface area (Å²) in [6.07, 6.45) is 3.54. The molecule has 3 rings (SSSR count). The fourth-order valence-electron chi connectivity index (χ4n) is 2.40. The normalized spacial score (nSPS) is 15.0. The molecule has 116 valence electrons. The highest BCUT2D eigenvalue weighted by molar-refractivity contribution is 7.15. The van der Waals surface area contributed by atoms with Gasteiger partial charge in [-0.1, -0.05) is 12.1 Å². The maximum absolute atomic E-state index is 13.5. The lowest BCUT2D eigenvalue weighted by molar-refractivity contribution is -0.122. The maximum Gasteiger partial charge on any atom is 0.266 e. The van der Waals surface area contributed by atoms with Gasteiger partial charge in [0.15, 0.2) is 22.8 Å². The molecule has 1 aromatic carbocycles. The van der Waals surface area contributed by atoms with E-state index < -0.39 is 11.9 Å². The molecule has 0 saturated carbocycles. The largest absolute Gasteiger partial charge is 0.478 e. The van der Waals surface area contributed by atoms with Gasteiger partial charge in [0.2, 0.25) is 0 Å². The van der Waals surface area contributed by atoms with E-state index in [1.165, 1.54) is 34.8 Å². The third kappa shape index (κ3) is 3.27. The maximum atomic E-state index is 13.5. The molecule has 1 aliphatic carbocycles. The molecule has 1 aromatic heterocycles. The van der Waals surface area contributed by atoms with Crippen molar-refractivity contribution in [1.82, 2.24) is 4.98 Å². The summed E-state index contributed by atoms with van der Waals surface area (Å²) in [6, 6.07) is 6.04. The molecule has 1 heterocycles. The van der Waals surface area contributed by atoms with Crippen molar-refractivity contribution in [2.24, 2.45) is 0 Å². The zero-order chi connectivity index (χ0) is 15.5. The number of anilines is 1. The number of carbonyl (C=O) groups excluding carboxylic acids is 1. The quantitative estimate of drug-likeness (QED) is 0.937. The van der Waals surface area contributed by atoms with Gasteiger partial charge in [-0.2, -0.15) is 0 Å².